The molecule has 1 aromatic rings. The SMILES string of the molecule is CCCCCCCC(=O)O.[H-].[Na+].c1ccoc1. The van der Waals surface area contributed by atoms with Crippen LogP contribution >= 0.6 is 0 Å². The maximum atomic E-state index is 10.0. The first kappa shape index (κ1) is 18.1. The molecule has 0 amide bonds. The molecular formula is C12H21NaO3. The number of carboxylic acids is 1. The summed E-state index contributed by atoms with van der Waals surface area (Å²) in [5.41, 5.74) is 0. The summed E-state index contributed by atoms with van der Waals surface area (Å²) >= 11 is 0. The van der Waals surface area contributed by atoms with Gasteiger partial charge in [0.1, 0.15) is 0 Å². The van der Waals surface area contributed by atoms with E-state index in [0.29, 0.717) is 6.42 Å². The van der Waals surface area contributed by atoms with E-state index in [2.05, 4.69) is 11.3 Å². The molecule has 0 aliphatic heterocycles. The van der Waals surface area contributed by atoms with E-state index in [-0.39, 0.29) is 31.0 Å². The molecule has 4 heteroatoms. The molecular weight excluding hydrogens is 215 g/mol. The van der Waals surface area contributed by atoms with E-state index in [1.165, 1.54) is 19.3 Å². The fraction of sp³-hybridized carbons (Fsp3) is 0.583. The summed E-state index contributed by atoms with van der Waals surface area (Å²) in [5, 5.41) is 8.27. The maximum Gasteiger partial charge on any atom is 1.00 e. The van der Waals surface area contributed by atoms with Crippen molar-refractivity contribution >= 4 is 5.97 Å². The summed E-state index contributed by atoms with van der Waals surface area (Å²) in [6, 6.07) is 3.67. The van der Waals surface area contributed by atoms with Crippen LogP contribution in [0.3, 0.4) is 0 Å². The van der Waals surface area contributed by atoms with Gasteiger partial charge in [0.25, 0.3) is 0 Å². The molecule has 0 aliphatic rings. The van der Waals surface area contributed by atoms with Crippen LogP contribution in [0.5, 0.6) is 0 Å². The van der Waals surface area contributed by atoms with Crippen molar-refractivity contribution in [3.8, 4) is 0 Å². The molecule has 1 rings (SSSR count). The van der Waals surface area contributed by atoms with Gasteiger partial charge < -0.3 is 11.0 Å². The Labute approximate surface area is 121 Å². The fourth-order valence-corrected chi connectivity index (χ4v) is 1.11. The van der Waals surface area contributed by atoms with Crippen molar-refractivity contribution in [1.29, 1.82) is 0 Å². The molecule has 1 heterocycles. The molecule has 0 aromatic carbocycles. The van der Waals surface area contributed by atoms with Gasteiger partial charge in [-0.2, -0.15) is 0 Å². The quantitative estimate of drug-likeness (QED) is 0.588. The van der Waals surface area contributed by atoms with E-state index in [0.717, 1.165) is 12.8 Å². The summed E-state index contributed by atoms with van der Waals surface area (Å²) in [5.74, 6) is -0.670. The molecule has 0 radical (unpaired) electrons. The predicted octanol–water partition coefficient (Wildman–Crippen LogP) is 0.828. The largest absolute Gasteiger partial charge is 1.00 e. The van der Waals surface area contributed by atoms with E-state index in [1.54, 1.807) is 12.5 Å². The minimum atomic E-state index is -0.670. The Morgan fingerprint density at radius 2 is 1.75 bits per heavy atom. The van der Waals surface area contributed by atoms with Crippen LogP contribution in [0.1, 0.15) is 46.9 Å². The molecule has 1 aromatic heterocycles. The molecule has 0 unspecified atom stereocenters. The summed E-state index contributed by atoms with van der Waals surface area (Å²) in [7, 11) is 0. The van der Waals surface area contributed by atoms with Gasteiger partial charge in [-0.1, -0.05) is 32.6 Å². The van der Waals surface area contributed by atoms with Crippen LogP contribution in [0.2, 0.25) is 0 Å². The van der Waals surface area contributed by atoms with Crippen LogP contribution in [-0.2, 0) is 4.79 Å². The molecule has 1 N–H and O–H groups in total. The first-order valence-corrected chi connectivity index (χ1v) is 5.46. The number of hydrogen-bond donors (Lipinski definition) is 1. The van der Waals surface area contributed by atoms with Gasteiger partial charge in [-0.25, -0.2) is 0 Å². The Balaban J connectivity index is -0.000000238. The van der Waals surface area contributed by atoms with Crippen molar-refractivity contribution in [1.82, 2.24) is 0 Å². The number of rotatable bonds is 6. The smallest absolute Gasteiger partial charge is 1.00 e. The molecule has 0 atom stereocenters. The van der Waals surface area contributed by atoms with E-state index in [9.17, 15) is 4.79 Å². The maximum absolute atomic E-state index is 10.0. The number of aliphatic carboxylic acids is 1. The van der Waals surface area contributed by atoms with Crippen molar-refractivity contribution in [2.75, 3.05) is 0 Å². The van der Waals surface area contributed by atoms with E-state index in [1.807, 2.05) is 12.1 Å². The molecule has 88 valence electrons. The van der Waals surface area contributed by atoms with E-state index < -0.39 is 5.97 Å². The number of hydrogen-bond acceptors (Lipinski definition) is 2. The van der Waals surface area contributed by atoms with Crippen LogP contribution < -0.4 is 29.6 Å². The van der Waals surface area contributed by atoms with E-state index >= 15 is 0 Å². The Kier molecular flexibility index (Phi) is 16.7. The first-order valence-electron chi connectivity index (χ1n) is 5.46. The predicted molar refractivity (Wildman–Crippen MR) is 60.8 cm³/mol. The summed E-state index contributed by atoms with van der Waals surface area (Å²) in [4.78, 5) is 10.0. The van der Waals surface area contributed by atoms with Gasteiger partial charge in [-0.3, -0.25) is 4.79 Å². The van der Waals surface area contributed by atoms with Gasteiger partial charge in [0.05, 0.1) is 12.5 Å². The van der Waals surface area contributed by atoms with Crippen LogP contribution in [-0.4, -0.2) is 11.1 Å². The summed E-state index contributed by atoms with van der Waals surface area (Å²) in [6.07, 6.45) is 9.13. The summed E-state index contributed by atoms with van der Waals surface area (Å²) in [6.45, 7) is 2.15. The summed E-state index contributed by atoms with van der Waals surface area (Å²) < 4.78 is 4.58. The first-order chi connectivity index (χ1) is 7.27. The van der Waals surface area contributed by atoms with Gasteiger partial charge >= 0.3 is 35.5 Å². The van der Waals surface area contributed by atoms with Crippen molar-refractivity contribution in [3.05, 3.63) is 24.7 Å². The number of carboxylic acid groups (broad SMARTS) is 1. The number of carbonyl (C=O) groups is 1. The topological polar surface area (TPSA) is 50.4 Å². The van der Waals surface area contributed by atoms with Crippen molar-refractivity contribution in [2.45, 2.75) is 45.4 Å². The monoisotopic (exact) mass is 236 g/mol. The van der Waals surface area contributed by atoms with Crippen molar-refractivity contribution in [3.63, 3.8) is 0 Å². The zero-order chi connectivity index (χ0) is 11.4. The zero-order valence-electron chi connectivity index (χ0n) is 11.3. The Bertz CT molecular complexity index is 210. The molecule has 0 bridgehead atoms. The van der Waals surface area contributed by atoms with Crippen molar-refractivity contribution in [2.24, 2.45) is 0 Å². The third kappa shape index (κ3) is 16.2. The second-order valence-corrected chi connectivity index (χ2v) is 3.35. The zero-order valence-corrected chi connectivity index (χ0v) is 12.3. The second-order valence-electron chi connectivity index (χ2n) is 3.35. The third-order valence-corrected chi connectivity index (χ3v) is 1.92. The van der Waals surface area contributed by atoms with Gasteiger partial charge in [0.2, 0.25) is 0 Å². The fourth-order valence-electron chi connectivity index (χ4n) is 1.11. The molecule has 0 aliphatic carbocycles. The van der Waals surface area contributed by atoms with Crippen LogP contribution in [0.25, 0.3) is 0 Å². The third-order valence-electron chi connectivity index (χ3n) is 1.92. The second kappa shape index (κ2) is 14.8. The minimum absolute atomic E-state index is 0. The van der Waals surface area contributed by atoms with Gasteiger partial charge in [-0.05, 0) is 18.6 Å². The standard InChI is InChI=1S/C8H16O2.C4H4O.Na.H/c1-2-3-4-5-6-7-8(9)10;1-2-4-5-3-1;;/h2-7H2,1H3,(H,9,10);1-4H;;/q;;+1;-1. The molecule has 3 nitrogen and oxygen atoms in total. The minimum Gasteiger partial charge on any atom is -1.00 e. The Morgan fingerprint density at radius 3 is 2.12 bits per heavy atom. The average molecular weight is 236 g/mol. The average Bonchev–Trinajstić information content (AvgIpc) is 2.75. The van der Waals surface area contributed by atoms with E-state index in [4.69, 9.17) is 5.11 Å². The molecule has 0 spiro atoms. The van der Waals surface area contributed by atoms with Crippen LogP contribution in [0.15, 0.2) is 29.1 Å². The van der Waals surface area contributed by atoms with Crippen LogP contribution in [0, 0.1) is 0 Å². The van der Waals surface area contributed by atoms with Gasteiger partial charge in [0.15, 0.2) is 0 Å². The van der Waals surface area contributed by atoms with Crippen molar-refractivity contribution < 1.29 is 45.3 Å². The van der Waals surface area contributed by atoms with Crippen LogP contribution in [0.4, 0.5) is 0 Å². The van der Waals surface area contributed by atoms with Gasteiger partial charge in [0, 0.05) is 6.42 Å². The molecule has 0 fully saturated rings. The number of furan rings is 1. The molecule has 16 heavy (non-hydrogen) atoms. The number of unbranched alkanes of at least 4 members (excludes halogenated alkanes) is 4. The Morgan fingerprint density at radius 1 is 1.19 bits per heavy atom. The van der Waals surface area contributed by atoms with Gasteiger partial charge in [-0.15, -0.1) is 0 Å². The molecule has 0 saturated heterocycles. The molecule has 0 saturated carbocycles. The Hall–Kier alpha value is -0.250. The normalized spacial score (nSPS) is 8.56.